The van der Waals surface area contributed by atoms with E-state index in [-0.39, 0.29) is 16.5 Å². The molecule has 0 fully saturated rings. The highest BCUT2D eigenvalue weighted by molar-refractivity contribution is 6.35. The van der Waals surface area contributed by atoms with Gasteiger partial charge in [-0.15, -0.1) is 0 Å². The first-order valence-electron chi connectivity index (χ1n) is 10.4. The van der Waals surface area contributed by atoms with Crippen LogP contribution in [0.15, 0.2) is 47.1 Å². The molecule has 0 saturated carbocycles. The van der Waals surface area contributed by atoms with E-state index in [1.165, 1.54) is 23.8 Å². The van der Waals surface area contributed by atoms with Gasteiger partial charge in [0.25, 0.3) is 0 Å². The van der Waals surface area contributed by atoms with Crippen molar-refractivity contribution in [2.45, 2.75) is 53.4 Å². The fraction of sp³-hybridized carbons (Fsp3) is 0.385. The zero-order valence-corrected chi connectivity index (χ0v) is 20.1. The number of phenolic OH excluding ortho intramolecular Hbond substituents is 2. The van der Waals surface area contributed by atoms with Crippen molar-refractivity contribution in [3.05, 3.63) is 57.7 Å². The van der Waals surface area contributed by atoms with Crippen molar-refractivity contribution >= 4 is 22.4 Å². The molecule has 0 spiro atoms. The summed E-state index contributed by atoms with van der Waals surface area (Å²) in [4.78, 5) is 0. The molecule has 2 rings (SSSR count). The van der Waals surface area contributed by atoms with Crippen LogP contribution in [0.3, 0.4) is 0 Å². The van der Waals surface area contributed by atoms with E-state index in [9.17, 15) is 10.2 Å². The third kappa shape index (κ3) is 5.98. The van der Waals surface area contributed by atoms with Crippen molar-refractivity contribution in [3.8, 4) is 23.0 Å². The third-order valence-electron chi connectivity index (χ3n) is 5.31. The normalized spacial score (nSPS) is 11.1. The predicted molar refractivity (Wildman–Crippen MR) is 130 cm³/mol. The van der Waals surface area contributed by atoms with Crippen LogP contribution in [-0.4, -0.2) is 24.4 Å². The van der Waals surface area contributed by atoms with Gasteiger partial charge in [-0.3, -0.25) is 0 Å². The Morgan fingerprint density at radius 2 is 1.68 bits per heavy atom. The van der Waals surface area contributed by atoms with E-state index in [1.54, 1.807) is 19.2 Å². The van der Waals surface area contributed by atoms with Crippen LogP contribution < -0.4 is 9.47 Å². The molecule has 0 bridgehead atoms. The van der Waals surface area contributed by atoms with Crippen LogP contribution in [0.4, 0.5) is 0 Å². The van der Waals surface area contributed by atoms with E-state index in [1.807, 2.05) is 0 Å². The first-order chi connectivity index (χ1) is 14.7. The van der Waals surface area contributed by atoms with Gasteiger partial charge in [0.1, 0.15) is 28.0 Å². The Labute approximate surface area is 190 Å². The summed E-state index contributed by atoms with van der Waals surface area (Å²) in [6.45, 7) is 8.34. The lowest BCUT2D eigenvalue weighted by molar-refractivity contribution is 0.396. The minimum atomic E-state index is -0.199. The topological polar surface area (TPSA) is 58.9 Å². The lowest BCUT2D eigenvalue weighted by Gasteiger charge is -2.18. The Balaban J connectivity index is 2.47. The summed E-state index contributed by atoms with van der Waals surface area (Å²) in [5.41, 5.74) is 4.33. The molecule has 0 aliphatic rings. The Hall–Kier alpha value is -2.59. The second kappa shape index (κ2) is 11.1. The second-order valence-corrected chi connectivity index (χ2v) is 8.43. The van der Waals surface area contributed by atoms with E-state index < -0.39 is 0 Å². The summed E-state index contributed by atoms with van der Waals surface area (Å²) in [7, 11) is 3.09. The zero-order chi connectivity index (χ0) is 23.1. The van der Waals surface area contributed by atoms with Gasteiger partial charge in [-0.25, -0.2) is 0 Å². The van der Waals surface area contributed by atoms with Crippen LogP contribution in [0.25, 0.3) is 10.8 Å². The summed E-state index contributed by atoms with van der Waals surface area (Å²) >= 11 is 6.29. The van der Waals surface area contributed by atoms with E-state index >= 15 is 0 Å². The summed E-state index contributed by atoms with van der Waals surface area (Å²) < 4.78 is 10.9. The fourth-order valence-electron chi connectivity index (χ4n) is 3.49. The molecule has 168 valence electrons. The molecule has 4 nitrogen and oxygen atoms in total. The average Bonchev–Trinajstić information content (AvgIpc) is 2.74. The molecule has 31 heavy (non-hydrogen) atoms. The van der Waals surface area contributed by atoms with Crippen LogP contribution in [0.1, 0.15) is 52.5 Å². The number of ether oxygens (including phenoxy) is 2. The Bertz CT molecular complexity index is 1020. The molecule has 0 aliphatic heterocycles. The third-order valence-corrected chi connectivity index (χ3v) is 5.67. The molecule has 2 N–H and O–H groups in total. The summed E-state index contributed by atoms with van der Waals surface area (Å²) in [5, 5.41) is 22.5. The second-order valence-electron chi connectivity index (χ2n) is 8.06. The minimum Gasteiger partial charge on any atom is -0.506 e. The van der Waals surface area contributed by atoms with Crippen LogP contribution in [0.5, 0.6) is 23.0 Å². The molecule has 0 unspecified atom stereocenters. The van der Waals surface area contributed by atoms with Crippen LogP contribution in [-0.2, 0) is 6.42 Å². The number of allylic oxidation sites excluding steroid dienone is 6. The number of fused-ring (bicyclic) bond motifs is 1. The van der Waals surface area contributed by atoms with Gasteiger partial charge in [0.15, 0.2) is 0 Å². The molecule has 0 radical (unpaired) electrons. The number of aromatic hydroxyl groups is 2. The minimum absolute atomic E-state index is 0.0728. The molecule has 0 saturated heterocycles. The molecular weight excluding hydrogens is 412 g/mol. The molecule has 0 atom stereocenters. The van der Waals surface area contributed by atoms with Gasteiger partial charge in [0.2, 0.25) is 0 Å². The first kappa shape index (κ1) is 24.7. The van der Waals surface area contributed by atoms with Crippen molar-refractivity contribution in [2.75, 3.05) is 14.2 Å². The number of benzene rings is 2. The van der Waals surface area contributed by atoms with E-state index in [4.69, 9.17) is 21.1 Å². The van der Waals surface area contributed by atoms with Crippen molar-refractivity contribution in [1.82, 2.24) is 0 Å². The summed E-state index contributed by atoms with van der Waals surface area (Å²) in [6.07, 6.45) is 9.89. The fourth-order valence-corrected chi connectivity index (χ4v) is 3.70. The summed E-state index contributed by atoms with van der Waals surface area (Å²) in [5.74, 6) is 0.696. The Kier molecular flexibility index (Phi) is 8.88. The number of unbranched alkanes of at least 4 members (excludes halogenated alkanes) is 1. The lowest BCUT2D eigenvalue weighted by atomic mass is 9.92. The number of hydrogen-bond acceptors (Lipinski definition) is 4. The maximum absolute atomic E-state index is 10.8. The van der Waals surface area contributed by atoms with Crippen molar-refractivity contribution < 1.29 is 19.7 Å². The van der Waals surface area contributed by atoms with Crippen molar-refractivity contribution in [2.24, 2.45) is 0 Å². The standard InChI is InChI=1S/C26H33ClO4/c1-16(2)11-9-7-8-10-12-18(17(3)4)13-21-20-14-19(30-5)15-22(31-6)23(20)26(29)24(27)25(21)28/h8,10-11,14-15,28-29H,7,9,12-13H2,1-6H3/b10-8+. The van der Waals surface area contributed by atoms with E-state index in [0.29, 0.717) is 34.3 Å². The quantitative estimate of drug-likeness (QED) is 0.310. The SMILES string of the molecule is COc1cc(OC)c2c(O)c(Cl)c(O)c(CC(C/C=C/CCC=C(C)C)=C(C)C)c2c1. The van der Waals surface area contributed by atoms with Crippen LogP contribution in [0, 0.1) is 0 Å². The van der Waals surface area contributed by atoms with E-state index in [2.05, 4.69) is 45.9 Å². The lowest BCUT2D eigenvalue weighted by Crippen LogP contribution is -1.98. The molecule has 0 aliphatic carbocycles. The number of methoxy groups -OCH3 is 2. The number of rotatable bonds is 9. The maximum atomic E-state index is 10.8. The van der Waals surface area contributed by atoms with Crippen molar-refractivity contribution in [1.29, 1.82) is 0 Å². The monoisotopic (exact) mass is 444 g/mol. The van der Waals surface area contributed by atoms with Gasteiger partial charge in [0.05, 0.1) is 19.6 Å². The van der Waals surface area contributed by atoms with Crippen molar-refractivity contribution in [3.63, 3.8) is 0 Å². The highest BCUT2D eigenvalue weighted by atomic mass is 35.5. The van der Waals surface area contributed by atoms with Gasteiger partial charge < -0.3 is 19.7 Å². The summed E-state index contributed by atoms with van der Waals surface area (Å²) in [6, 6.07) is 3.48. The molecule has 5 heteroatoms. The number of phenols is 2. The highest BCUT2D eigenvalue weighted by Crippen LogP contribution is 2.48. The Morgan fingerprint density at radius 1 is 0.968 bits per heavy atom. The number of hydrogen-bond donors (Lipinski definition) is 2. The average molecular weight is 445 g/mol. The smallest absolute Gasteiger partial charge is 0.149 e. The largest absolute Gasteiger partial charge is 0.506 e. The molecular formula is C26H33ClO4. The van der Waals surface area contributed by atoms with Gasteiger partial charge in [-0.2, -0.15) is 0 Å². The van der Waals surface area contributed by atoms with Crippen LogP contribution in [0.2, 0.25) is 5.02 Å². The van der Waals surface area contributed by atoms with Gasteiger partial charge in [0, 0.05) is 17.0 Å². The Morgan fingerprint density at radius 3 is 2.26 bits per heavy atom. The molecule has 0 amide bonds. The molecule has 2 aromatic carbocycles. The zero-order valence-electron chi connectivity index (χ0n) is 19.3. The highest BCUT2D eigenvalue weighted by Gasteiger charge is 2.22. The number of halogens is 1. The van der Waals surface area contributed by atoms with Crippen LogP contribution >= 0.6 is 11.6 Å². The predicted octanol–water partition coefficient (Wildman–Crippen LogP) is 7.49. The van der Waals surface area contributed by atoms with Gasteiger partial charge in [-0.05, 0) is 59.4 Å². The molecule has 2 aromatic rings. The maximum Gasteiger partial charge on any atom is 0.149 e. The molecule has 0 heterocycles. The van der Waals surface area contributed by atoms with Gasteiger partial charge >= 0.3 is 0 Å². The first-order valence-corrected chi connectivity index (χ1v) is 10.8. The van der Waals surface area contributed by atoms with Gasteiger partial charge in [-0.1, -0.05) is 46.5 Å². The molecule has 0 aromatic heterocycles. The van der Waals surface area contributed by atoms with E-state index in [0.717, 1.165) is 19.3 Å².